The van der Waals surface area contributed by atoms with E-state index in [9.17, 15) is 14.4 Å². The van der Waals surface area contributed by atoms with Crippen LogP contribution in [-0.2, 0) is 6.54 Å². The highest BCUT2D eigenvalue weighted by Crippen LogP contribution is 2.28. The Balaban J connectivity index is 1.38. The molecule has 7 heteroatoms. The molecule has 0 fully saturated rings. The lowest BCUT2D eigenvalue weighted by Gasteiger charge is -2.14. The van der Waals surface area contributed by atoms with Gasteiger partial charge in [-0.25, -0.2) is 9.88 Å². The minimum absolute atomic E-state index is 0.195. The highest BCUT2D eigenvalue weighted by molar-refractivity contribution is 6.34. The molecule has 0 bridgehead atoms. The van der Waals surface area contributed by atoms with E-state index in [0.717, 1.165) is 17.9 Å². The van der Waals surface area contributed by atoms with Gasteiger partial charge in [-0.05, 0) is 42.8 Å². The van der Waals surface area contributed by atoms with Gasteiger partial charge < -0.3 is 9.88 Å². The average Bonchev–Trinajstić information content (AvgIpc) is 3.33. The lowest BCUT2D eigenvalue weighted by Crippen LogP contribution is -2.29. The number of anilines is 1. The van der Waals surface area contributed by atoms with E-state index in [1.807, 2.05) is 10.8 Å². The summed E-state index contributed by atoms with van der Waals surface area (Å²) in [7, 11) is 0. The number of fused-ring (bicyclic) bond motifs is 1. The molecule has 3 aromatic rings. The van der Waals surface area contributed by atoms with Crippen LogP contribution >= 0.6 is 0 Å². The number of nitrogens with zero attached hydrogens (tertiary/aromatic N) is 3. The van der Waals surface area contributed by atoms with Crippen molar-refractivity contribution in [3.05, 3.63) is 83.9 Å². The van der Waals surface area contributed by atoms with Gasteiger partial charge in [0, 0.05) is 31.0 Å². The normalized spacial score (nSPS) is 12.9. The van der Waals surface area contributed by atoms with Crippen LogP contribution in [0.4, 0.5) is 5.69 Å². The van der Waals surface area contributed by atoms with Gasteiger partial charge in [0.25, 0.3) is 17.7 Å². The van der Waals surface area contributed by atoms with Crippen molar-refractivity contribution >= 4 is 23.4 Å². The number of imidazole rings is 1. The summed E-state index contributed by atoms with van der Waals surface area (Å²) >= 11 is 0. The molecule has 1 aliphatic heterocycles. The van der Waals surface area contributed by atoms with Crippen LogP contribution < -0.4 is 10.2 Å². The maximum atomic E-state index is 12.5. The molecule has 0 saturated carbocycles. The highest BCUT2D eigenvalue weighted by Gasteiger charge is 2.36. The largest absolute Gasteiger partial charge is 0.352 e. The van der Waals surface area contributed by atoms with Crippen LogP contribution in [0.5, 0.6) is 0 Å². The van der Waals surface area contributed by atoms with Gasteiger partial charge in [-0.15, -0.1) is 0 Å². The number of nitrogens with one attached hydrogen (secondary N) is 1. The Bertz CT molecular complexity index is 991. The van der Waals surface area contributed by atoms with Crippen molar-refractivity contribution in [3.8, 4) is 0 Å². The smallest absolute Gasteiger partial charge is 0.266 e. The third kappa shape index (κ3) is 3.29. The van der Waals surface area contributed by atoms with Crippen molar-refractivity contribution in [1.29, 1.82) is 0 Å². The molecule has 0 radical (unpaired) electrons. The number of amides is 3. The van der Waals surface area contributed by atoms with Gasteiger partial charge in [-0.3, -0.25) is 14.4 Å². The Labute approximate surface area is 161 Å². The number of carbonyl (C=O) groups excluding carboxylic acids is 3. The summed E-state index contributed by atoms with van der Waals surface area (Å²) in [4.78, 5) is 42.4. The van der Waals surface area contributed by atoms with Gasteiger partial charge in [0.1, 0.15) is 0 Å². The standard InChI is InChI=1S/C21H18N4O3/c26-19(23-10-3-12-24-13-11-22-14-24)15-6-8-16(9-7-15)25-20(27)17-4-1-2-5-18(17)21(25)28/h1-2,4-9,11,13-14H,3,10,12H2,(H,23,26). The first kappa shape index (κ1) is 17.7. The Morgan fingerprint density at radius 3 is 2.25 bits per heavy atom. The molecule has 1 aromatic heterocycles. The van der Waals surface area contributed by atoms with E-state index in [4.69, 9.17) is 0 Å². The van der Waals surface area contributed by atoms with Crippen LogP contribution in [0.2, 0.25) is 0 Å². The number of rotatable bonds is 6. The fourth-order valence-electron chi connectivity index (χ4n) is 3.17. The molecular weight excluding hydrogens is 356 g/mol. The molecule has 2 aromatic carbocycles. The quantitative estimate of drug-likeness (QED) is 0.531. The van der Waals surface area contributed by atoms with Gasteiger partial charge in [0.2, 0.25) is 0 Å². The van der Waals surface area contributed by atoms with Crippen LogP contribution in [0, 0.1) is 0 Å². The third-order valence-corrected chi connectivity index (χ3v) is 4.62. The van der Waals surface area contributed by atoms with Crippen molar-refractivity contribution < 1.29 is 14.4 Å². The molecule has 7 nitrogen and oxygen atoms in total. The second-order valence-electron chi connectivity index (χ2n) is 6.45. The molecule has 1 aliphatic rings. The maximum absolute atomic E-state index is 12.5. The fraction of sp³-hybridized carbons (Fsp3) is 0.143. The number of carbonyl (C=O) groups is 3. The van der Waals surface area contributed by atoms with Crippen molar-refractivity contribution in [2.75, 3.05) is 11.4 Å². The zero-order valence-electron chi connectivity index (χ0n) is 15.0. The predicted molar refractivity (Wildman–Crippen MR) is 103 cm³/mol. The Hall–Kier alpha value is -3.74. The SMILES string of the molecule is O=C(NCCCn1ccnc1)c1ccc(N2C(=O)c3ccccc3C2=O)cc1. The lowest BCUT2D eigenvalue weighted by atomic mass is 10.1. The zero-order chi connectivity index (χ0) is 19.5. The summed E-state index contributed by atoms with van der Waals surface area (Å²) in [5, 5.41) is 2.86. The first-order valence-corrected chi connectivity index (χ1v) is 8.97. The molecule has 0 aliphatic carbocycles. The summed E-state index contributed by atoms with van der Waals surface area (Å²) in [5.74, 6) is -0.894. The molecule has 0 atom stereocenters. The molecule has 28 heavy (non-hydrogen) atoms. The molecule has 4 rings (SSSR count). The zero-order valence-corrected chi connectivity index (χ0v) is 15.0. The number of imide groups is 1. The van der Waals surface area contributed by atoms with E-state index < -0.39 is 0 Å². The number of aryl methyl sites for hydroxylation is 1. The number of hydrogen-bond donors (Lipinski definition) is 1. The molecule has 3 amide bonds. The summed E-state index contributed by atoms with van der Waals surface area (Å²) in [6.45, 7) is 1.32. The Kier molecular flexibility index (Phi) is 4.72. The summed E-state index contributed by atoms with van der Waals surface area (Å²) in [6.07, 6.45) is 6.11. The molecule has 2 heterocycles. The monoisotopic (exact) mass is 374 g/mol. The van der Waals surface area contributed by atoms with Crippen LogP contribution in [0.3, 0.4) is 0 Å². The van der Waals surface area contributed by atoms with Crippen LogP contribution in [-0.4, -0.2) is 33.8 Å². The summed E-state index contributed by atoms with van der Waals surface area (Å²) in [5.41, 5.74) is 1.71. The summed E-state index contributed by atoms with van der Waals surface area (Å²) in [6, 6.07) is 13.2. The topological polar surface area (TPSA) is 84.3 Å². The minimum Gasteiger partial charge on any atom is -0.352 e. The van der Waals surface area contributed by atoms with E-state index in [1.54, 1.807) is 61.1 Å². The van der Waals surface area contributed by atoms with Crippen molar-refractivity contribution in [3.63, 3.8) is 0 Å². The van der Waals surface area contributed by atoms with Gasteiger partial charge >= 0.3 is 0 Å². The van der Waals surface area contributed by atoms with E-state index in [2.05, 4.69) is 10.3 Å². The van der Waals surface area contributed by atoms with Crippen LogP contribution in [0.15, 0.2) is 67.3 Å². The van der Waals surface area contributed by atoms with E-state index in [0.29, 0.717) is 28.9 Å². The van der Waals surface area contributed by atoms with E-state index >= 15 is 0 Å². The molecule has 0 saturated heterocycles. The Morgan fingerprint density at radius 2 is 1.64 bits per heavy atom. The molecule has 140 valence electrons. The molecular formula is C21H18N4O3. The summed E-state index contributed by atoms with van der Waals surface area (Å²) < 4.78 is 1.95. The number of benzene rings is 2. The van der Waals surface area contributed by atoms with Gasteiger partial charge in [0.05, 0.1) is 23.1 Å². The Morgan fingerprint density at radius 1 is 0.964 bits per heavy atom. The first-order valence-electron chi connectivity index (χ1n) is 8.97. The lowest BCUT2D eigenvalue weighted by molar-refractivity contribution is 0.0923. The van der Waals surface area contributed by atoms with E-state index in [-0.39, 0.29) is 17.7 Å². The first-order chi connectivity index (χ1) is 13.6. The fourth-order valence-corrected chi connectivity index (χ4v) is 3.17. The number of hydrogen-bond acceptors (Lipinski definition) is 4. The van der Waals surface area contributed by atoms with Crippen molar-refractivity contribution in [2.24, 2.45) is 0 Å². The van der Waals surface area contributed by atoms with Gasteiger partial charge in [-0.1, -0.05) is 12.1 Å². The van der Waals surface area contributed by atoms with Crippen molar-refractivity contribution in [2.45, 2.75) is 13.0 Å². The number of aromatic nitrogens is 2. The van der Waals surface area contributed by atoms with Crippen LogP contribution in [0.25, 0.3) is 0 Å². The second kappa shape index (κ2) is 7.48. The third-order valence-electron chi connectivity index (χ3n) is 4.62. The maximum Gasteiger partial charge on any atom is 0.266 e. The molecule has 0 unspecified atom stereocenters. The molecule has 1 N–H and O–H groups in total. The predicted octanol–water partition coefficient (Wildman–Crippen LogP) is 2.50. The van der Waals surface area contributed by atoms with Gasteiger partial charge in [0.15, 0.2) is 0 Å². The molecule has 0 spiro atoms. The average molecular weight is 374 g/mol. The second-order valence-corrected chi connectivity index (χ2v) is 6.45. The van der Waals surface area contributed by atoms with Crippen LogP contribution in [0.1, 0.15) is 37.5 Å². The highest BCUT2D eigenvalue weighted by atomic mass is 16.2. The van der Waals surface area contributed by atoms with Crippen molar-refractivity contribution in [1.82, 2.24) is 14.9 Å². The van der Waals surface area contributed by atoms with E-state index in [1.165, 1.54) is 0 Å². The van der Waals surface area contributed by atoms with Gasteiger partial charge in [-0.2, -0.15) is 0 Å². The minimum atomic E-state index is -0.350.